The van der Waals surface area contributed by atoms with Crippen molar-refractivity contribution in [3.63, 3.8) is 0 Å². The summed E-state index contributed by atoms with van der Waals surface area (Å²) in [6.07, 6.45) is 2.83. The van der Waals surface area contributed by atoms with Gasteiger partial charge in [-0.15, -0.1) is 0 Å². The molecule has 0 fully saturated rings. The highest BCUT2D eigenvalue weighted by Gasteiger charge is 2.25. The molecule has 9 heteroatoms. The highest BCUT2D eigenvalue weighted by Crippen LogP contribution is 2.28. The number of ether oxygens (including phenoxy) is 2. The van der Waals surface area contributed by atoms with Crippen LogP contribution in [0.1, 0.15) is 37.8 Å². The Morgan fingerprint density at radius 3 is 2.45 bits per heavy atom. The number of hydrogen-bond donors (Lipinski definition) is 2. The predicted octanol–water partition coefficient (Wildman–Crippen LogP) is 5.82. The molecule has 2 atom stereocenters. The molecule has 0 saturated heterocycles. The fraction of sp³-hybridized carbons (Fsp3) is 0.276. The van der Waals surface area contributed by atoms with E-state index in [9.17, 15) is 9.59 Å². The van der Waals surface area contributed by atoms with E-state index in [4.69, 9.17) is 32.7 Å². The molecule has 0 aliphatic rings. The first kappa shape index (κ1) is 29.0. The van der Waals surface area contributed by atoms with Gasteiger partial charge in [0.15, 0.2) is 6.10 Å². The molecule has 0 unspecified atom stereocenters. The van der Waals surface area contributed by atoms with E-state index in [0.29, 0.717) is 23.1 Å². The molecule has 3 aromatic carbocycles. The number of nitrogens with zero attached hydrogens (tertiary/aromatic N) is 1. The van der Waals surface area contributed by atoms with Gasteiger partial charge in [-0.3, -0.25) is 9.59 Å². The number of rotatable bonds is 13. The van der Waals surface area contributed by atoms with Crippen molar-refractivity contribution in [3.05, 3.63) is 94.0 Å². The predicted molar refractivity (Wildman–Crippen MR) is 151 cm³/mol. The summed E-state index contributed by atoms with van der Waals surface area (Å²) in [5.41, 5.74) is 4.15. The molecule has 0 bridgehead atoms. The number of para-hydroxylation sites is 1. The lowest BCUT2D eigenvalue weighted by atomic mass is 10.1. The van der Waals surface area contributed by atoms with E-state index < -0.39 is 24.0 Å². The Balaban J connectivity index is 1.68. The Bertz CT molecular complexity index is 1240. The molecule has 3 aromatic rings. The molecular weight excluding hydrogens is 525 g/mol. The molecular formula is C29H31Cl2N3O4. The molecule has 0 aliphatic heterocycles. The molecule has 0 spiro atoms. The van der Waals surface area contributed by atoms with Crippen LogP contribution in [-0.4, -0.2) is 36.8 Å². The highest BCUT2D eigenvalue weighted by atomic mass is 35.5. The molecule has 0 aromatic heterocycles. The zero-order valence-electron chi connectivity index (χ0n) is 21.3. The van der Waals surface area contributed by atoms with Gasteiger partial charge in [0.05, 0.1) is 17.8 Å². The summed E-state index contributed by atoms with van der Waals surface area (Å²) in [5, 5.41) is 7.62. The maximum atomic E-state index is 13.1. The molecule has 38 heavy (non-hydrogen) atoms. The standard InChI is InChI=1S/C29H31Cl2N3O4/c1-3-4-16-37-26-13-9-8-12-22(26)19-32-34-29(36)25(17-21-10-6-5-7-11-21)33-28(35)20(2)38-27-15-14-23(30)18-24(27)31/h5-15,18-20,25H,3-4,16-17H2,1-2H3,(H,33,35)(H,34,36)/b32-19-/t20-,25-/m1/s1. The largest absolute Gasteiger partial charge is 0.493 e. The smallest absolute Gasteiger partial charge is 0.262 e. The summed E-state index contributed by atoms with van der Waals surface area (Å²) < 4.78 is 11.5. The van der Waals surface area contributed by atoms with Gasteiger partial charge in [0.25, 0.3) is 11.8 Å². The highest BCUT2D eigenvalue weighted by molar-refractivity contribution is 6.35. The Hall–Kier alpha value is -3.55. The number of nitrogens with one attached hydrogen (secondary N) is 2. The minimum Gasteiger partial charge on any atom is -0.493 e. The van der Waals surface area contributed by atoms with Gasteiger partial charge < -0.3 is 14.8 Å². The van der Waals surface area contributed by atoms with Crippen LogP contribution in [-0.2, 0) is 16.0 Å². The van der Waals surface area contributed by atoms with Gasteiger partial charge >= 0.3 is 0 Å². The van der Waals surface area contributed by atoms with Crippen LogP contribution in [0.2, 0.25) is 10.0 Å². The van der Waals surface area contributed by atoms with Gasteiger partial charge in [0.1, 0.15) is 17.5 Å². The molecule has 2 N–H and O–H groups in total. The summed E-state index contributed by atoms with van der Waals surface area (Å²) in [5.74, 6) is 0.0393. The fourth-order valence-corrected chi connectivity index (χ4v) is 3.90. The van der Waals surface area contributed by atoms with E-state index >= 15 is 0 Å². The second-order valence-electron chi connectivity index (χ2n) is 8.56. The van der Waals surface area contributed by atoms with Crippen molar-refractivity contribution in [2.75, 3.05) is 6.61 Å². The van der Waals surface area contributed by atoms with Gasteiger partial charge in [-0.2, -0.15) is 5.10 Å². The van der Waals surface area contributed by atoms with Crippen LogP contribution < -0.4 is 20.2 Å². The second-order valence-corrected chi connectivity index (χ2v) is 9.40. The third-order valence-corrected chi connectivity index (χ3v) is 6.07. The number of unbranched alkanes of at least 4 members (excludes halogenated alkanes) is 1. The molecule has 3 rings (SSSR count). The molecule has 0 saturated carbocycles. The molecule has 0 heterocycles. The van der Waals surface area contributed by atoms with Crippen molar-refractivity contribution in [2.45, 2.75) is 45.3 Å². The van der Waals surface area contributed by atoms with Crippen LogP contribution in [0.3, 0.4) is 0 Å². The average molecular weight is 556 g/mol. The number of carbonyl (C=O) groups excluding carboxylic acids is 2. The summed E-state index contributed by atoms with van der Waals surface area (Å²) in [4.78, 5) is 26.0. The van der Waals surface area contributed by atoms with E-state index in [-0.39, 0.29) is 11.4 Å². The van der Waals surface area contributed by atoms with Crippen molar-refractivity contribution in [3.8, 4) is 11.5 Å². The van der Waals surface area contributed by atoms with E-state index in [1.165, 1.54) is 12.3 Å². The van der Waals surface area contributed by atoms with Gasteiger partial charge in [0, 0.05) is 17.0 Å². The van der Waals surface area contributed by atoms with Crippen LogP contribution in [0.4, 0.5) is 0 Å². The molecule has 2 amide bonds. The Morgan fingerprint density at radius 2 is 1.71 bits per heavy atom. The zero-order chi connectivity index (χ0) is 27.3. The van der Waals surface area contributed by atoms with E-state index in [1.54, 1.807) is 19.1 Å². The lowest BCUT2D eigenvalue weighted by Gasteiger charge is -2.21. The molecule has 7 nitrogen and oxygen atoms in total. The van der Waals surface area contributed by atoms with Gasteiger partial charge in [-0.05, 0) is 49.2 Å². The summed E-state index contributed by atoms with van der Waals surface area (Å²) in [6.45, 7) is 4.27. The molecule has 0 aliphatic carbocycles. The van der Waals surface area contributed by atoms with Gasteiger partial charge in [0.2, 0.25) is 0 Å². The monoisotopic (exact) mass is 555 g/mol. The van der Waals surface area contributed by atoms with Gasteiger partial charge in [-0.25, -0.2) is 5.43 Å². The van der Waals surface area contributed by atoms with Crippen LogP contribution in [0.5, 0.6) is 11.5 Å². The van der Waals surface area contributed by atoms with Crippen LogP contribution in [0.25, 0.3) is 0 Å². The number of halogens is 2. The number of amides is 2. The van der Waals surface area contributed by atoms with E-state index in [2.05, 4.69) is 22.8 Å². The summed E-state index contributed by atoms with van der Waals surface area (Å²) in [6, 6.07) is 20.7. The average Bonchev–Trinajstić information content (AvgIpc) is 2.91. The number of hydrogen-bond acceptors (Lipinski definition) is 5. The van der Waals surface area contributed by atoms with Crippen LogP contribution in [0, 0.1) is 0 Å². The molecule has 0 radical (unpaired) electrons. The Kier molecular flexibility index (Phi) is 11.5. The van der Waals surface area contributed by atoms with Crippen molar-refractivity contribution < 1.29 is 19.1 Å². The first-order valence-electron chi connectivity index (χ1n) is 12.4. The third-order valence-electron chi connectivity index (χ3n) is 5.54. The fourth-order valence-electron chi connectivity index (χ4n) is 3.45. The second kappa shape index (κ2) is 15.0. The minimum absolute atomic E-state index is 0.263. The zero-order valence-corrected chi connectivity index (χ0v) is 22.8. The van der Waals surface area contributed by atoms with Crippen LogP contribution in [0.15, 0.2) is 77.9 Å². The van der Waals surface area contributed by atoms with E-state index in [0.717, 1.165) is 24.0 Å². The third kappa shape index (κ3) is 9.08. The SMILES string of the molecule is CCCCOc1ccccc1/C=N\NC(=O)[C@@H](Cc1ccccc1)NC(=O)[C@@H](C)Oc1ccc(Cl)cc1Cl. The van der Waals surface area contributed by atoms with Crippen molar-refractivity contribution >= 4 is 41.2 Å². The maximum absolute atomic E-state index is 13.1. The Morgan fingerprint density at radius 1 is 0.974 bits per heavy atom. The van der Waals surface area contributed by atoms with E-state index in [1.807, 2.05) is 54.6 Å². The minimum atomic E-state index is -0.921. The number of hydrazone groups is 1. The lowest BCUT2D eigenvalue weighted by Crippen LogP contribution is -2.50. The first-order valence-corrected chi connectivity index (χ1v) is 13.1. The first-order chi connectivity index (χ1) is 18.4. The maximum Gasteiger partial charge on any atom is 0.262 e. The quantitative estimate of drug-likeness (QED) is 0.158. The number of benzene rings is 3. The lowest BCUT2D eigenvalue weighted by molar-refractivity contribution is -0.132. The van der Waals surface area contributed by atoms with Gasteiger partial charge in [-0.1, -0.05) is 79.0 Å². The van der Waals surface area contributed by atoms with Crippen LogP contribution >= 0.6 is 23.2 Å². The summed E-state index contributed by atoms with van der Waals surface area (Å²) >= 11 is 12.1. The normalized spacial score (nSPS) is 12.5. The topological polar surface area (TPSA) is 89.0 Å². The Labute approximate surface area is 233 Å². The summed E-state index contributed by atoms with van der Waals surface area (Å²) in [7, 11) is 0. The molecule has 200 valence electrons. The van der Waals surface area contributed by atoms with Crippen molar-refractivity contribution in [1.82, 2.24) is 10.7 Å². The van der Waals surface area contributed by atoms with Crippen molar-refractivity contribution in [2.24, 2.45) is 5.10 Å². The number of carbonyl (C=O) groups is 2. The van der Waals surface area contributed by atoms with Crippen molar-refractivity contribution in [1.29, 1.82) is 0 Å².